The normalized spacial score (nSPS) is 19.1. The lowest BCUT2D eigenvalue weighted by atomic mass is 9.94. The first-order valence-corrected chi connectivity index (χ1v) is 13.5. The average Bonchev–Trinajstić information content (AvgIpc) is 3.24. The summed E-state index contributed by atoms with van der Waals surface area (Å²) in [7, 11) is 4.51. The summed E-state index contributed by atoms with van der Waals surface area (Å²) in [6, 6.07) is 9.44. The van der Waals surface area contributed by atoms with Crippen LogP contribution in [-0.4, -0.2) is 93.9 Å². The van der Waals surface area contributed by atoms with E-state index in [0.717, 1.165) is 26.1 Å². The van der Waals surface area contributed by atoms with Gasteiger partial charge in [0.1, 0.15) is 11.5 Å². The number of nitrogens with zero attached hydrogens (tertiary/aromatic N) is 2. The number of ketones is 1. The quantitative estimate of drug-likeness (QED) is 0.239. The number of ether oxygens (including phenoxy) is 5. The van der Waals surface area contributed by atoms with Gasteiger partial charge in [-0.15, -0.1) is 0 Å². The van der Waals surface area contributed by atoms with Crippen molar-refractivity contribution in [3.05, 3.63) is 53.1 Å². The van der Waals surface area contributed by atoms with Gasteiger partial charge in [-0.05, 0) is 42.7 Å². The van der Waals surface area contributed by atoms with Crippen molar-refractivity contribution in [3.8, 4) is 23.0 Å². The number of aliphatic hydroxyl groups excluding tert-OH is 1. The van der Waals surface area contributed by atoms with Crippen molar-refractivity contribution >= 4 is 17.4 Å². The molecule has 0 radical (unpaired) electrons. The molecular weight excluding hydrogens is 516 g/mol. The standard InChI is InChI=1S/C30H38N2O8/c1-5-14-40-22-9-6-8-20(17-22)27(33)25-26(21-18-23(36-2)29(38-4)24(19-21)37-3)32(30(35)28(25)34)11-7-10-31-12-15-39-16-13-31/h6,8-9,17-19,26,33H,5,7,10-16H2,1-4H3/b27-25+. The Bertz CT molecular complexity index is 1210. The van der Waals surface area contributed by atoms with Crippen LogP contribution in [0.4, 0.5) is 0 Å². The Morgan fingerprint density at radius 2 is 1.70 bits per heavy atom. The number of Topliss-reactive ketones (excluding diaryl/α,β-unsaturated/α-hetero) is 1. The fourth-order valence-electron chi connectivity index (χ4n) is 5.11. The third kappa shape index (κ3) is 6.18. The fourth-order valence-corrected chi connectivity index (χ4v) is 5.11. The smallest absolute Gasteiger partial charge is 0.295 e. The van der Waals surface area contributed by atoms with Crippen LogP contribution in [0, 0.1) is 0 Å². The molecule has 1 amide bonds. The summed E-state index contributed by atoms with van der Waals surface area (Å²) in [5.41, 5.74) is 0.940. The van der Waals surface area contributed by atoms with Gasteiger partial charge in [0.05, 0.1) is 52.8 Å². The molecule has 2 saturated heterocycles. The molecule has 2 aromatic rings. The molecule has 2 aliphatic rings. The van der Waals surface area contributed by atoms with E-state index in [2.05, 4.69) is 4.90 Å². The summed E-state index contributed by atoms with van der Waals surface area (Å²) in [5, 5.41) is 11.5. The summed E-state index contributed by atoms with van der Waals surface area (Å²) in [4.78, 5) is 30.8. The predicted octanol–water partition coefficient (Wildman–Crippen LogP) is 3.65. The minimum atomic E-state index is -0.862. The number of hydrogen-bond acceptors (Lipinski definition) is 9. The van der Waals surface area contributed by atoms with Crippen molar-refractivity contribution < 1.29 is 38.4 Å². The molecule has 0 bridgehead atoms. The number of likely N-dealkylation sites (tertiary alicyclic amines) is 1. The lowest BCUT2D eigenvalue weighted by molar-refractivity contribution is -0.140. The summed E-state index contributed by atoms with van der Waals surface area (Å²) >= 11 is 0. The van der Waals surface area contributed by atoms with Crippen LogP contribution in [0.25, 0.3) is 5.76 Å². The molecule has 1 N–H and O–H groups in total. The van der Waals surface area contributed by atoms with E-state index in [1.807, 2.05) is 6.92 Å². The van der Waals surface area contributed by atoms with Gasteiger partial charge in [-0.25, -0.2) is 0 Å². The summed E-state index contributed by atoms with van der Waals surface area (Å²) in [5.74, 6) is 0.0307. The molecule has 0 spiro atoms. The van der Waals surface area contributed by atoms with E-state index < -0.39 is 17.7 Å². The molecule has 2 heterocycles. The second-order valence-corrected chi connectivity index (χ2v) is 9.64. The van der Waals surface area contributed by atoms with Crippen LogP contribution in [0.1, 0.15) is 36.9 Å². The van der Waals surface area contributed by atoms with Gasteiger partial charge in [0.15, 0.2) is 11.5 Å². The summed E-state index contributed by atoms with van der Waals surface area (Å²) in [6.45, 7) is 6.60. The Kier molecular flexibility index (Phi) is 9.89. The monoisotopic (exact) mass is 554 g/mol. The zero-order valence-electron chi connectivity index (χ0n) is 23.6. The number of amides is 1. The number of carbonyl (C=O) groups excluding carboxylic acids is 2. The summed E-state index contributed by atoms with van der Waals surface area (Å²) < 4.78 is 27.7. The second-order valence-electron chi connectivity index (χ2n) is 9.64. The van der Waals surface area contributed by atoms with E-state index in [-0.39, 0.29) is 11.3 Å². The number of morpholine rings is 1. The molecule has 0 saturated carbocycles. The molecule has 1 atom stereocenters. The largest absolute Gasteiger partial charge is 0.507 e. The number of carbonyl (C=O) groups is 2. The van der Waals surface area contributed by atoms with Crippen LogP contribution in [0.2, 0.25) is 0 Å². The van der Waals surface area contributed by atoms with Gasteiger partial charge in [-0.2, -0.15) is 0 Å². The van der Waals surface area contributed by atoms with E-state index in [0.29, 0.717) is 66.9 Å². The van der Waals surface area contributed by atoms with Gasteiger partial charge in [0.25, 0.3) is 11.7 Å². The number of rotatable bonds is 12. The van der Waals surface area contributed by atoms with Crippen LogP contribution in [-0.2, 0) is 14.3 Å². The third-order valence-electron chi connectivity index (χ3n) is 7.10. The molecule has 0 aliphatic carbocycles. The number of benzene rings is 2. The average molecular weight is 555 g/mol. The topological polar surface area (TPSA) is 107 Å². The van der Waals surface area contributed by atoms with E-state index in [1.165, 1.54) is 26.2 Å². The van der Waals surface area contributed by atoms with Gasteiger partial charge in [0.2, 0.25) is 5.75 Å². The van der Waals surface area contributed by atoms with Crippen LogP contribution in [0.5, 0.6) is 23.0 Å². The van der Waals surface area contributed by atoms with Crippen LogP contribution in [0.15, 0.2) is 42.0 Å². The molecule has 10 heteroatoms. The van der Waals surface area contributed by atoms with Crippen molar-refractivity contribution in [2.24, 2.45) is 0 Å². The highest BCUT2D eigenvalue weighted by Gasteiger charge is 2.46. The minimum Gasteiger partial charge on any atom is -0.507 e. The Balaban J connectivity index is 1.77. The van der Waals surface area contributed by atoms with Gasteiger partial charge in [-0.1, -0.05) is 19.1 Å². The van der Waals surface area contributed by atoms with Gasteiger partial charge in [0, 0.05) is 31.7 Å². The van der Waals surface area contributed by atoms with Crippen LogP contribution >= 0.6 is 0 Å². The van der Waals surface area contributed by atoms with E-state index in [9.17, 15) is 14.7 Å². The maximum Gasteiger partial charge on any atom is 0.295 e. The van der Waals surface area contributed by atoms with Crippen molar-refractivity contribution in [1.82, 2.24) is 9.80 Å². The Hall–Kier alpha value is -3.76. The first kappa shape index (κ1) is 29.2. The first-order valence-electron chi connectivity index (χ1n) is 13.5. The van der Waals surface area contributed by atoms with E-state index in [1.54, 1.807) is 36.4 Å². The fraction of sp³-hybridized carbons (Fsp3) is 0.467. The number of methoxy groups -OCH3 is 3. The van der Waals surface area contributed by atoms with Crippen molar-refractivity contribution in [3.63, 3.8) is 0 Å². The van der Waals surface area contributed by atoms with E-state index >= 15 is 0 Å². The lowest BCUT2D eigenvalue weighted by Crippen LogP contribution is -2.39. The molecule has 0 aromatic heterocycles. The molecule has 2 fully saturated rings. The highest BCUT2D eigenvalue weighted by molar-refractivity contribution is 6.46. The number of aliphatic hydroxyl groups is 1. The SMILES string of the molecule is CCCOc1cccc(/C(O)=C2\C(=O)C(=O)N(CCCN3CCOCC3)C2c2cc(OC)c(OC)c(OC)c2)c1. The maximum atomic E-state index is 13.5. The van der Waals surface area contributed by atoms with E-state index in [4.69, 9.17) is 23.7 Å². The Labute approximate surface area is 235 Å². The van der Waals surface area contributed by atoms with Crippen LogP contribution < -0.4 is 18.9 Å². The van der Waals surface area contributed by atoms with Crippen molar-refractivity contribution in [2.75, 3.05) is 67.3 Å². The summed E-state index contributed by atoms with van der Waals surface area (Å²) in [6.07, 6.45) is 1.47. The maximum absolute atomic E-state index is 13.5. The molecule has 40 heavy (non-hydrogen) atoms. The highest BCUT2D eigenvalue weighted by atomic mass is 16.5. The predicted molar refractivity (Wildman–Crippen MR) is 149 cm³/mol. The zero-order valence-corrected chi connectivity index (χ0v) is 23.6. The molecule has 1 unspecified atom stereocenters. The highest BCUT2D eigenvalue weighted by Crippen LogP contribution is 2.45. The molecule has 10 nitrogen and oxygen atoms in total. The van der Waals surface area contributed by atoms with Crippen LogP contribution in [0.3, 0.4) is 0 Å². The minimum absolute atomic E-state index is 0.00159. The first-order chi connectivity index (χ1) is 19.4. The molecule has 2 aliphatic heterocycles. The van der Waals surface area contributed by atoms with Gasteiger partial charge >= 0.3 is 0 Å². The molecule has 2 aromatic carbocycles. The van der Waals surface area contributed by atoms with Gasteiger partial charge < -0.3 is 33.7 Å². The Morgan fingerprint density at radius 1 is 1.00 bits per heavy atom. The molecule has 4 rings (SSSR count). The Morgan fingerprint density at radius 3 is 2.33 bits per heavy atom. The zero-order chi connectivity index (χ0) is 28.6. The van der Waals surface area contributed by atoms with Gasteiger partial charge in [-0.3, -0.25) is 14.5 Å². The number of hydrogen-bond donors (Lipinski definition) is 1. The third-order valence-corrected chi connectivity index (χ3v) is 7.10. The molecule has 216 valence electrons. The van der Waals surface area contributed by atoms with Crippen molar-refractivity contribution in [2.45, 2.75) is 25.8 Å². The molecular formula is C30H38N2O8. The van der Waals surface area contributed by atoms with Crippen molar-refractivity contribution in [1.29, 1.82) is 0 Å². The second kappa shape index (κ2) is 13.5. The lowest BCUT2D eigenvalue weighted by Gasteiger charge is -2.29.